The van der Waals surface area contributed by atoms with Crippen LogP contribution in [0.4, 0.5) is 5.82 Å². The highest BCUT2D eigenvalue weighted by atomic mass is 35.5. The molecule has 0 aliphatic rings. The van der Waals surface area contributed by atoms with E-state index in [4.69, 9.17) is 11.6 Å². The van der Waals surface area contributed by atoms with Gasteiger partial charge in [0.2, 0.25) is 0 Å². The molecule has 4 nitrogen and oxygen atoms in total. The highest BCUT2D eigenvalue weighted by Gasteiger charge is 2.10. The number of hydrogen-bond donors (Lipinski definition) is 1. The normalized spacial score (nSPS) is 9.80. The van der Waals surface area contributed by atoms with Crippen molar-refractivity contribution in [3.8, 4) is 0 Å². The summed E-state index contributed by atoms with van der Waals surface area (Å²) in [6.07, 6.45) is 0.641. The highest BCUT2D eigenvalue weighted by Crippen LogP contribution is 2.18. The van der Waals surface area contributed by atoms with Gasteiger partial charge in [0.1, 0.15) is 16.8 Å². The number of carbonyl (C=O) groups excluding carboxylic acids is 1. The van der Waals surface area contributed by atoms with Crippen molar-refractivity contribution in [3.63, 3.8) is 0 Å². The van der Waals surface area contributed by atoms with Gasteiger partial charge in [-0.05, 0) is 13.8 Å². The van der Waals surface area contributed by atoms with Crippen LogP contribution in [0.3, 0.4) is 0 Å². The fourth-order valence-corrected chi connectivity index (χ4v) is 1.28. The fraction of sp³-hybridized carbons (Fsp3) is 0.300. The summed E-state index contributed by atoms with van der Waals surface area (Å²) in [4.78, 5) is 18.8. The molecule has 0 bridgehead atoms. The first-order chi connectivity index (χ1) is 7.04. The van der Waals surface area contributed by atoms with Crippen LogP contribution in [0.1, 0.15) is 23.1 Å². The molecule has 0 atom stereocenters. The predicted molar refractivity (Wildman–Crippen MR) is 60.5 cm³/mol. The second kappa shape index (κ2) is 4.89. The molecule has 1 rings (SSSR count). The van der Waals surface area contributed by atoms with Gasteiger partial charge >= 0.3 is 0 Å². The Morgan fingerprint density at radius 3 is 2.80 bits per heavy atom. The van der Waals surface area contributed by atoms with Crippen LogP contribution < -0.4 is 5.32 Å². The minimum absolute atomic E-state index is 0.168. The van der Waals surface area contributed by atoms with Crippen LogP contribution >= 0.6 is 11.6 Å². The molecule has 1 heterocycles. The van der Waals surface area contributed by atoms with E-state index in [1.54, 1.807) is 6.92 Å². The van der Waals surface area contributed by atoms with Gasteiger partial charge in [-0.25, -0.2) is 9.97 Å². The molecule has 0 aliphatic carbocycles. The second-order valence-electron chi connectivity index (χ2n) is 3.25. The van der Waals surface area contributed by atoms with Gasteiger partial charge in [0.05, 0.1) is 5.56 Å². The van der Waals surface area contributed by atoms with Gasteiger partial charge in [-0.3, -0.25) is 4.79 Å². The summed E-state index contributed by atoms with van der Waals surface area (Å²) in [5.74, 6) is 0.973. The molecule has 0 aromatic carbocycles. The van der Waals surface area contributed by atoms with Crippen LogP contribution in [-0.4, -0.2) is 22.8 Å². The van der Waals surface area contributed by atoms with E-state index >= 15 is 0 Å². The Kier molecular flexibility index (Phi) is 3.80. The standard InChI is InChI=1S/C10H12ClN3O/c1-6(2)4-12-10-8(5-15)9(11)13-7(3)14-10/h5H,1,4H2,2-3H3,(H,12,13,14). The van der Waals surface area contributed by atoms with Crippen molar-refractivity contribution >= 4 is 23.7 Å². The first-order valence-electron chi connectivity index (χ1n) is 4.42. The molecular formula is C10H12ClN3O. The molecular weight excluding hydrogens is 214 g/mol. The lowest BCUT2D eigenvalue weighted by Crippen LogP contribution is -2.09. The third-order valence-electron chi connectivity index (χ3n) is 1.69. The zero-order valence-electron chi connectivity index (χ0n) is 8.67. The lowest BCUT2D eigenvalue weighted by Gasteiger charge is -2.08. The van der Waals surface area contributed by atoms with E-state index in [9.17, 15) is 4.79 Å². The third kappa shape index (κ3) is 3.02. The van der Waals surface area contributed by atoms with E-state index in [0.29, 0.717) is 24.5 Å². The van der Waals surface area contributed by atoms with E-state index < -0.39 is 0 Å². The Labute approximate surface area is 93.4 Å². The molecule has 1 aromatic rings. The summed E-state index contributed by atoms with van der Waals surface area (Å²) >= 11 is 5.81. The Morgan fingerprint density at radius 2 is 2.27 bits per heavy atom. The van der Waals surface area contributed by atoms with Gasteiger partial charge in [-0.1, -0.05) is 23.8 Å². The predicted octanol–water partition coefficient (Wildman–Crippen LogP) is 2.24. The average Bonchev–Trinajstić information content (AvgIpc) is 2.13. The monoisotopic (exact) mass is 225 g/mol. The van der Waals surface area contributed by atoms with E-state index in [-0.39, 0.29) is 10.7 Å². The Morgan fingerprint density at radius 1 is 1.60 bits per heavy atom. The van der Waals surface area contributed by atoms with Crippen molar-refractivity contribution in [1.82, 2.24) is 9.97 Å². The minimum Gasteiger partial charge on any atom is -0.366 e. The molecule has 15 heavy (non-hydrogen) atoms. The molecule has 0 saturated heterocycles. The minimum atomic E-state index is 0.168. The Bertz CT molecular complexity index is 404. The number of carbonyl (C=O) groups is 1. The maximum Gasteiger partial charge on any atom is 0.156 e. The maximum atomic E-state index is 10.8. The summed E-state index contributed by atoms with van der Waals surface area (Å²) < 4.78 is 0. The van der Waals surface area contributed by atoms with E-state index in [0.717, 1.165) is 5.57 Å². The first kappa shape index (κ1) is 11.7. The Balaban J connectivity index is 3.03. The SMILES string of the molecule is C=C(C)CNc1nc(C)nc(Cl)c1C=O. The van der Waals surface area contributed by atoms with Crippen molar-refractivity contribution in [2.24, 2.45) is 0 Å². The number of anilines is 1. The van der Waals surface area contributed by atoms with Crippen molar-refractivity contribution in [2.75, 3.05) is 11.9 Å². The van der Waals surface area contributed by atoms with Gasteiger partial charge in [-0.15, -0.1) is 0 Å². The van der Waals surface area contributed by atoms with Crippen LogP contribution in [-0.2, 0) is 0 Å². The number of rotatable bonds is 4. The molecule has 80 valence electrons. The van der Waals surface area contributed by atoms with Crippen LogP contribution in [0.2, 0.25) is 5.15 Å². The fourth-order valence-electron chi connectivity index (χ4n) is 1.02. The van der Waals surface area contributed by atoms with Crippen molar-refractivity contribution in [3.05, 3.63) is 28.7 Å². The molecule has 0 aliphatic heterocycles. The topological polar surface area (TPSA) is 54.9 Å². The molecule has 1 N–H and O–H groups in total. The molecule has 0 unspecified atom stereocenters. The number of aromatic nitrogens is 2. The number of aldehydes is 1. The van der Waals surface area contributed by atoms with Crippen LogP contribution in [0.15, 0.2) is 12.2 Å². The summed E-state index contributed by atoms with van der Waals surface area (Å²) in [6, 6.07) is 0. The zero-order valence-corrected chi connectivity index (χ0v) is 9.43. The molecule has 0 amide bonds. The van der Waals surface area contributed by atoms with E-state index in [1.165, 1.54) is 0 Å². The zero-order chi connectivity index (χ0) is 11.4. The van der Waals surface area contributed by atoms with Gasteiger partial charge in [-0.2, -0.15) is 0 Å². The van der Waals surface area contributed by atoms with Crippen LogP contribution in [0, 0.1) is 6.92 Å². The molecule has 5 heteroatoms. The number of nitrogens with zero attached hydrogens (tertiary/aromatic N) is 2. The lowest BCUT2D eigenvalue weighted by molar-refractivity contribution is 0.112. The molecule has 0 spiro atoms. The first-order valence-corrected chi connectivity index (χ1v) is 4.80. The molecule has 0 radical (unpaired) electrons. The average molecular weight is 226 g/mol. The van der Waals surface area contributed by atoms with Gasteiger partial charge in [0.15, 0.2) is 6.29 Å². The largest absolute Gasteiger partial charge is 0.366 e. The molecule has 0 saturated carbocycles. The third-order valence-corrected chi connectivity index (χ3v) is 1.97. The van der Waals surface area contributed by atoms with Gasteiger partial charge < -0.3 is 5.32 Å². The van der Waals surface area contributed by atoms with E-state index in [1.807, 2.05) is 6.92 Å². The van der Waals surface area contributed by atoms with Gasteiger partial charge in [0.25, 0.3) is 0 Å². The summed E-state index contributed by atoms with van der Waals surface area (Å²) in [6.45, 7) is 7.89. The summed E-state index contributed by atoms with van der Waals surface area (Å²) in [5, 5.41) is 3.15. The van der Waals surface area contributed by atoms with Crippen molar-refractivity contribution in [1.29, 1.82) is 0 Å². The quantitative estimate of drug-likeness (QED) is 0.485. The Hall–Kier alpha value is -1.42. The van der Waals surface area contributed by atoms with Crippen molar-refractivity contribution in [2.45, 2.75) is 13.8 Å². The maximum absolute atomic E-state index is 10.8. The summed E-state index contributed by atoms with van der Waals surface area (Å²) in [7, 11) is 0. The highest BCUT2D eigenvalue weighted by molar-refractivity contribution is 6.32. The summed E-state index contributed by atoms with van der Waals surface area (Å²) in [5.41, 5.74) is 1.22. The van der Waals surface area contributed by atoms with E-state index in [2.05, 4.69) is 21.9 Å². The molecule has 1 aromatic heterocycles. The van der Waals surface area contributed by atoms with Crippen molar-refractivity contribution < 1.29 is 4.79 Å². The molecule has 0 fully saturated rings. The number of aryl methyl sites for hydroxylation is 1. The van der Waals surface area contributed by atoms with Gasteiger partial charge in [0, 0.05) is 6.54 Å². The number of nitrogens with one attached hydrogen (secondary N) is 1. The second-order valence-corrected chi connectivity index (χ2v) is 3.61. The number of halogens is 1. The smallest absolute Gasteiger partial charge is 0.156 e. The number of hydrogen-bond acceptors (Lipinski definition) is 4. The van der Waals surface area contributed by atoms with Crippen LogP contribution in [0.5, 0.6) is 0 Å². The van der Waals surface area contributed by atoms with Crippen LogP contribution in [0.25, 0.3) is 0 Å². The lowest BCUT2D eigenvalue weighted by atomic mass is 10.3.